The van der Waals surface area contributed by atoms with Gasteiger partial charge in [-0.25, -0.2) is 0 Å². The molecule has 0 radical (unpaired) electrons. The minimum absolute atomic E-state index is 0.00617. The maximum Gasteiger partial charge on any atom is 0.221 e. The smallest absolute Gasteiger partial charge is 0.221 e. The van der Waals surface area contributed by atoms with E-state index in [9.17, 15) is 9.59 Å². The van der Waals surface area contributed by atoms with Crippen LogP contribution < -0.4 is 10.6 Å². The molecule has 3 aromatic carbocycles. The second-order valence-electron chi connectivity index (χ2n) is 16.7. The van der Waals surface area contributed by atoms with Crippen LogP contribution in [-0.4, -0.2) is 24.9 Å². The van der Waals surface area contributed by atoms with Crippen LogP contribution in [0.1, 0.15) is 150 Å². The zero-order chi connectivity index (χ0) is 38.5. The highest BCUT2D eigenvalue weighted by Crippen LogP contribution is 2.36. The molecule has 1 aromatic heterocycles. The molecule has 3 aliphatic rings. The Hall–Kier alpha value is -3.35. The first kappa shape index (κ1) is 41.8. The van der Waals surface area contributed by atoms with Crippen LogP contribution in [0.2, 0.25) is 19.6 Å². The third-order valence-electron chi connectivity index (χ3n) is 11.0. The monoisotopic (exact) mass is 855 g/mol. The molecule has 0 unspecified atom stereocenters. The van der Waals surface area contributed by atoms with Crippen molar-refractivity contribution in [3.63, 3.8) is 0 Å². The van der Waals surface area contributed by atoms with E-state index in [1.807, 2.05) is 18.3 Å². The van der Waals surface area contributed by atoms with Crippen LogP contribution in [0.15, 0.2) is 66.9 Å². The number of hydrogen-bond donors (Lipinski definition) is 3. The van der Waals surface area contributed by atoms with Gasteiger partial charge in [-0.1, -0.05) is 102 Å². The van der Waals surface area contributed by atoms with Crippen LogP contribution in [0.4, 0.5) is 11.4 Å². The van der Waals surface area contributed by atoms with E-state index < -0.39 is 8.07 Å². The van der Waals surface area contributed by atoms with Gasteiger partial charge in [-0.3, -0.25) is 9.59 Å². The van der Waals surface area contributed by atoms with Crippen molar-refractivity contribution in [2.24, 2.45) is 0 Å². The molecule has 0 spiro atoms. The highest BCUT2D eigenvalue weighted by molar-refractivity contribution is 14.1. The minimum Gasteiger partial charge on any atom is -0.361 e. The highest BCUT2D eigenvalue weighted by atomic mass is 127. The molecular weight excluding hydrogens is 794 g/mol. The first-order chi connectivity index (χ1) is 25.9. The van der Waals surface area contributed by atoms with Crippen LogP contribution in [0, 0.1) is 15.0 Å². The molecule has 3 fully saturated rings. The van der Waals surface area contributed by atoms with E-state index in [0.717, 1.165) is 32.3 Å². The van der Waals surface area contributed by atoms with Crippen LogP contribution in [0.5, 0.6) is 0 Å². The van der Waals surface area contributed by atoms with Crippen molar-refractivity contribution >= 4 is 64.8 Å². The van der Waals surface area contributed by atoms with Crippen molar-refractivity contribution in [1.82, 2.24) is 4.98 Å². The van der Waals surface area contributed by atoms with Crippen molar-refractivity contribution in [3.05, 3.63) is 92.7 Å². The summed E-state index contributed by atoms with van der Waals surface area (Å²) in [5.41, 5.74) is 11.8. The number of nitrogens with one attached hydrogen (secondary N) is 3. The lowest BCUT2D eigenvalue weighted by Crippen LogP contribution is -2.16. The van der Waals surface area contributed by atoms with Gasteiger partial charge < -0.3 is 15.6 Å². The third kappa shape index (κ3) is 13.1. The lowest BCUT2D eigenvalue weighted by molar-refractivity contribution is -0.115. The van der Waals surface area contributed by atoms with Gasteiger partial charge >= 0.3 is 0 Å². The molecule has 3 aliphatic carbocycles. The number of hydrogen-bond acceptors (Lipinski definition) is 2. The summed E-state index contributed by atoms with van der Waals surface area (Å²) >= 11 is 2.30. The fourth-order valence-electron chi connectivity index (χ4n) is 8.18. The van der Waals surface area contributed by atoms with Gasteiger partial charge in [-0.2, -0.15) is 0 Å². The van der Waals surface area contributed by atoms with Crippen LogP contribution in [0.3, 0.4) is 0 Å². The Morgan fingerprint density at radius 3 is 1.59 bits per heavy atom. The van der Waals surface area contributed by atoms with Crippen molar-refractivity contribution in [2.75, 3.05) is 10.6 Å². The van der Waals surface area contributed by atoms with E-state index >= 15 is 0 Å². The molecule has 4 aromatic rings. The summed E-state index contributed by atoms with van der Waals surface area (Å²) in [6.07, 6.45) is 22.4. The number of carbonyl (C=O) groups excluding carboxylic acids is 2. The predicted octanol–water partition coefficient (Wildman–Crippen LogP) is 13.4. The van der Waals surface area contributed by atoms with E-state index in [4.69, 9.17) is 0 Å². The molecule has 0 bridgehead atoms. The second-order valence-corrected chi connectivity index (χ2v) is 22.6. The van der Waals surface area contributed by atoms with Crippen LogP contribution in [0.25, 0.3) is 10.9 Å². The molecule has 5 nitrogen and oxygen atoms in total. The van der Waals surface area contributed by atoms with E-state index in [1.54, 1.807) is 19.4 Å². The first-order valence-corrected chi connectivity index (χ1v) is 25.1. The molecule has 54 heavy (non-hydrogen) atoms. The Bertz CT molecular complexity index is 1900. The highest BCUT2D eigenvalue weighted by Gasteiger charge is 2.19. The summed E-state index contributed by atoms with van der Waals surface area (Å²) in [6, 6.07) is 21.9. The van der Waals surface area contributed by atoms with Gasteiger partial charge in [0.05, 0.1) is 11.4 Å². The van der Waals surface area contributed by atoms with E-state index in [1.165, 1.54) is 118 Å². The summed E-state index contributed by atoms with van der Waals surface area (Å²) in [5.74, 6) is 5.49. The zero-order valence-electron chi connectivity index (χ0n) is 33.4. The standard InChI is InChI=1S/C19H27NOSi.C14H18INO.C14H17N/c1-15(21)20-19-11-10-17(16-8-6-5-7-9-16)14-18(19)12-13-22(2,3)4;1-10(17)16-14-8-7-12(9-13(14)15)11-5-3-2-4-6-11;1-2-4-11(5-3-1)12-6-7-14-13(10-12)8-9-15-14/h10-11,14,16H,5-9H2,1-4H3,(H,20,21);7-9,11H,2-6H2,1H3,(H,16,17);6-11,15H,1-5H2. The molecule has 3 N–H and O–H groups in total. The second kappa shape index (κ2) is 20.5. The van der Waals surface area contributed by atoms with E-state index in [-0.39, 0.29) is 11.8 Å². The Kier molecular flexibility index (Phi) is 15.9. The quantitative estimate of drug-likeness (QED) is 0.106. The maximum absolute atomic E-state index is 11.4. The summed E-state index contributed by atoms with van der Waals surface area (Å²) in [7, 11) is -1.43. The lowest BCUT2D eigenvalue weighted by Gasteiger charge is -2.22. The molecule has 0 saturated heterocycles. The third-order valence-corrected chi connectivity index (χ3v) is 12.8. The van der Waals surface area contributed by atoms with Crippen LogP contribution in [-0.2, 0) is 9.59 Å². The number of rotatable bonds is 5. The molecule has 0 aliphatic heterocycles. The van der Waals surface area contributed by atoms with E-state index in [0.29, 0.717) is 5.92 Å². The first-order valence-electron chi connectivity index (χ1n) is 20.5. The number of carbonyl (C=O) groups is 2. The largest absolute Gasteiger partial charge is 0.361 e. The number of amides is 2. The average molecular weight is 856 g/mol. The zero-order valence-corrected chi connectivity index (χ0v) is 36.5. The average Bonchev–Trinajstić information content (AvgIpc) is 3.65. The minimum atomic E-state index is -1.43. The number of H-pyrrole nitrogens is 1. The number of benzene rings is 3. The number of aromatic amines is 1. The van der Waals surface area contributed by atoms with Crippen LogP contribution >= 0.6 is 22.6 Å². The van der Waals surface area contributed by atoms with Gasteiger partial charge in [0.2, 0.25) is 11.8 Å². The van der Waals surface area contributed by atoms with Gasteiger partial charge in [0.1, 0.15) is 8.07 Å². The summed E-state index contributed by atoms with van der Waals surface area (Å²) in [5, 5.41) is 7.13. The van der Waals surface area contributed by atoms with E-state index in [2.05, 4.69) is 118 Å². The lowest BCUT2D eigenvalue weighted by atomic mass is 9.83. The maximum atomic E-state index is 11.4. The fraction of sp³-hybridized carbons (Fsp3) is 0.489. The molecule has 3 saturated carbocycles. The number of fused-ring (bicyclic) bond motifs is 1. The molecule has 7 rings (SSSR count). The normalized spacial score (nSPS) is 16.9. The van der Waals surface area contributed by atoms with Gasteiger partial charge in [0, 0.05) is 34.7 Å². The molecule has 0 atom stereocenters. The summed E-state index contributed by atoms with van der Waals surface area (Å²) in [4.78, 5) is 25.7. The molecule has 1 heterocycles. The summed E-state index contributed by atoms with van der Waals surface area (Å²) < 4.78 is 1.14. The van der Waals surface area contributed by atoms with Gasteiger partial charge in [-0.05, 0) is 143 Å². The summed E-state index contributed by atoms with van der Waals surface area (Å²) in [6.45, 7) is 9.81. The molecule has 2 amide bonds. The molecule has 7 heteroatoms. The topological polar surface area (TPSA) is 74.0 Å². The Balaban J connectivity index is 0.000000159. The van der Waals surface area contributed by atoms with Crippen molar-refractivity contribution < 1.29 is 9.59 Å². The Labute approximate surface area is 339 Å². The Morgan fingerprint density at radius 2 is 1.09 bits per heavy atom. The number of halogens is 1. The molecular formula is C47H62IN3O2Si. The number of anilines is 2. The van der Waals surface area contributed by atoms with Crippen molar-refractivity contribution in [1.29, 1.82) is 0 Å². The predicted molar refractivity (Wildman–Crippen MR) is 240 cm³/mol. The molecule has 288 valence electrons. The number of aromatic nitrogens is 1. The van der Waals surface area contributed by atoms with Crippen molar-refractivity contribution in [2.45, 2.75) is 148 Å². The van der Waals surface area contributed by atoms with Gasteiger partial charge in [0.15, 0.2) is 0 Å². The Morgan fingerprint density at radius 1 is 0.630 bits per heavy atom. The van der Waals surface area contributed by atoms with Gasteiger partial charge in [-0.15, -0.1) is 5.54 Å². The van der Waals surface area contributed by atoms with Crippen molar-refractivity contribution in [3.8, 4) is 11.5 Å². The van der Waals surface area contributed by atoms with Gasteiger partial charge in [0.25, 0.3) is 0 Å². The fourth-order valence-corrected chi connectivity index (χ4v) is 9.37. The SMILES string of the molecule is CC(=O)Nc1ccc(C2CCCCC2)cc1C#C[Si](C)(C)C.CC(=O)Nc1ccc(C2CCCCC2)cc1I.c1cc2cc(C3CCCCC3)ccc2[nH]1.